The first kappa shape index (κ1) is 32.5. The molecule has 0 saturated carbocycles. The molecule has 3 aromatic carbocycles. The number of ether oxygens (including phenoxy) is 2. The molecule has 0 unspecified atom stereocenters. The van der Waals surface area contributed by atoms with Crippen molar-refractivity contribution in [1.29, 1.82) is 0 Å². The van der Waals surface area contributed by atoms with Crippen LogP contribution in [-0.2, 0) is 24.1 Å². The van der Waals surface area contributed by atoms with Gasteiger partial charge in [0.25, 0.3) is 0 Å². The Hall–Kier alpha value is -4.39. The number of carboxylic acids is 1. The Morgan fingerprint density at radius 1 is 0.977 bits per heavy atom. The molecule has 7 nitrogen and oxygen atoms in total. The molecule has 232 valence electrons. The standard InChI is InChI=1S/C37H44N2O5/c1-22(2)19-31-30(21-38-36(42)44-37(6,7)8)34(26-15-13-23(3)14-16-26)29(25(5)39-31)17-18-43-32-20-27-11-9-10-12-28(27)24(4)33(32)35(40)41/h9-16,20,22H,17-19,21H2,1-8H3,(H,38,42)(H,40,41). The van der Waals surface area contributed by atoms with Gasteiger partial charge in [0.15, 0.2) is 0 Å². The number of hydrogen-bond donors (Lipinski definition) is 2. The van der Waals surface area contributed by atoms with Crippen molar-refractivity contribution in [2.24, 2.45) is 5.92 Å². The molecule has 1 heterocycles. The summed E-state index contributed by atoms with van der Waals surface area (Å²) in [6.45, 7) is 16.2. The van der Waals surface area contributed by atoms with Crippen LogP contribution in [0.2, 0.25) is 0 Å². The Balaban J connectivity index is 1.77. The minimum absolute atomic E-state index is 0.173. The van der Waals surface area contributed by atoms with E-state index in [4.69, 9.17) is 14.5 Å². The molecule has 0 aliphatic heterocycles. The molecule has 0 bridgehead atoms. The summed E-state index contributed by atoms with van der Waals surface area (Å²) in [6, 6.07) is 17.9. The highest BCUT2D eigenvalue weighted by Gasteiger charge is 2.23. The summed E-state index contributed by atoms with van der Waals surface area (Å²) in [7, 11) is 0. The molecular formula is C37H44N2O5. The Kier molecular flexibility index (Phi) is 9.98. The molecule has 0 aliphatic carbocycles. The van der Waals surface area contributed by atoms with Crippen molar-refractivity contribution in [3.8, 4) is 16.9 Å². The van der Waals surface area contributed by atoms with Gasteiger partial charge in [-0.05, 0) is 93.0 Å². The second-order valence-electron chi connectivity index (χ2n) is 12.8. The first-order valence-electron chi connectivity index (χ1n) is 15.2. The lowest BCUT2D eigenvalue weighted by molar-refractivity contribution is 0.0522. The molecule has 0 fully saturated rings. The third-order valence-electron chi connectivity index (χ3n) is 7.54. The summed E-state index contributed by atoms with van der Waals surface area (Å²) in [6.07, 6.45) is 0.760. The molecule has 7 heteroatoms. The van der Waals surface area contributed by atoms with Crippen molar-refractivity contribution in [2.45, 2.75) is 80.4 Å². The van der Waals surface area contributed by atoms with Crippen LogP contribution in [0.15, 0.2) is 54.6 Å². The highest BCUT2D eigenvalue weighted by molar-refractivity contribution is 6.00. The molecular weight excluding hydrogens is 552 g/mol. The normalized spacial score (nSPS) is 11.6. The summed E-state index contributed by atoms with van der Waals surface area (Å²) in [5.74, 6) is -0.317. The number of fused-ring (bicyclic) bond motifs is 1. The van der Waals surface area contributed by atoms with Gasteiger partial charge < -0.3 is 19.9 Å². The van der Waals surface area contributed by atoms with Crippen LogP contribution in [0.3, 0.4) is 0 Å². The molecule has 1 aromatic heterocycles. The number of hydrogen-bond acceptors (Lipinski definition) is 5. The Morgan fingerprint density at radius 3 is 2.30 bits per heavy atom. The van der Waals surface area contributed by atoms with E-state index in [9.17, 15) is 14.7 Å². The van der Waals surface area contributed by atoms with E-state index in [1.54, 1.807) is 6.07 Å². The van der Waals surface area contributed by atoms with E-state index in [1.807, 2.05) is 58.9 Å². The molecule has 1 amide bonds. The monoisotopic (exact) mass is 596 g/mol. The lowest BCUT2D eigenvalue weighted by Crippen LogP contribution is -2.32. The molecule has 0 spiro atoms. The molecule has 0 aliphatic rings. The fourth-order valence-corrected chi connectivity index (χ4v) is 5.58. The van der Waals surface area contributed by atoms with E-state index in [-0.39, 0.29) is 18.7 Å². The maximum absolute atomic E-state index is 12.7. The summed E-state index contributed by atoms with van der Waals surface area (Å²) >= 11 is 0. The minimum atomic E-state index is -1.02. The number of aromatic carboxylic acids is 1. The number of carbonyl (C=O) groups excluding carboxylic acids is 1. The summed E-state index contributed by atoms with van der Waals surface area (Å²) in [5.41, 5.74) is 7.18. The Morgan fingerprint density at radius 2 is 1.66 bits per heavy atom. The zero-order chi connectivity index (χ0) is 32.2. The number of aromatic nitrogens is 1. The fraction of sp³-hybridized carbons (Fsp3) is 0.378. The largest absolute Gasteiger partial charge is 0.492 e. The number of rotatable bonds is 10. The molecule has 0 radical (unpaired) electrons. The number of aryl methyl sites for hydroxylation is 3. The Bertz CT molecular complexity index is 1670. The smallest absolute Gasteiger partial charge is 0.407 e. The van der Waals surface area contributed by atoms with Crippen molar-refractivity contribution < 1.29 is 24.2 Å². The van der Waals surface area contributed by atoms with E-state index >= 15 is 0 Å². The van der Waals surface area contributed by atoms with Gasteiger partial charge in [0, 0.05) is 29.9 Å². The van der Waals surface area contributed by atoms with Crippen LogP contribution in [0.4, 0.5) is 4.79 Å². The second kappa shape index (κ2) is 13.5. The van der Waals surface area contributed by atoms with Crippen LogP contribution >= 0.6 is 0 Å². The van der Waals surface area contributed by atoms with Crippen molar-refractivity contribution in [3.63, 3.8) is 0 Å². The van der Waals surface area contributed by atoms with Gasteiger partial charge in [0.05, 0.1) is 6.61 Å². The van der Waals surface area contributed by atoms with Crippen LogP contribution in [0, 0.1) is 26.7 Å². The first-order chi connectivity index (χ1) is 20.7. The van der Waals surface area contributed by atoms with Gasteiger partial charge in [-0.25, -0.2) is 9.59 Å². The molecule has 0 saturated heterocycles. The van der Waals surface area contributed by atoms with E-state index in [1.165, 1.54) is 0 Å². The summed E-state index contributed by atoms with van der Waals surface area (Å²) in [4.78, 5) is 30.1. The van der Waals surface area contributed by atoms with Crippen molar-refractivity contribution in [2.75, 3.05) is 6.61 Å². The molecule has 0 atom stereocenters. The summed E-state index contributed by atoms with van der Waals surface area (Å²) in [5, 5.41) is 14.8. The van der Waals surface area contributed by atoms with Crippen LogP contribution in [0.5, 0.6) is 5.75 Å². The van der Waals surface area contributed by atoms with Gasteiger partial charge in [-0.15, -0.1) is 0 Å². The number of carbonyl (C=O) groups is 2. The van der Waals surface area contributed by atoms with Gasteiger partial charge in [0.1, 0.15) is 16.9 Å². The number of pyridine rings is 1. The van der Waals surface area contributed by atoms with Crippen molar-refractivity contribution >= 4 is 22.8 Å². The quantitative estimate of drug-likeness (QED) is 0.191. The third-order valence-corrected chi connectivity index (χ3v) is 7.54. The topological polar surface area (TPSA) is 97.8 Å². The zero-order valence-corrected chi connectivity index (χ0v) is 27.1. The van der Waals surface area contributed by atoms with Gasteiger partial charge in [-0.2, -0.15) is 0 Å². The van der Waals surface area contributed by atoms with Gasteiger partial charge in [-0.1, -0.05) is 67.9 Å². The number of amides is 1. The molecule has 44 heavy (non-hydrogen) atoms. The zero-order valence-electron chi connectivity index (χ0n) is 27.1. The fourth-order valence-electron chi connectivity index (χ4n) is 5.58. The highest BCUT2D eigenvalue weighted by atomic mass is 16.6. The number of alkyl carbamates (subject to hydrolysis) is 1. The Labute approximate surface area is 260 Å². The number of benzene rings is 3. The van der Waals surface area contributed by atoms with Crippen LogP contribution < -0.4 is 10.1 Å². The first-order valence-corrected chi connectivity index (χ1v) is 15.2. The second-order valence-corrected chi connectivity index (χ2v) is 12.8. The molecule has 2 N–H and O–H groups in total. The van der Waals surface area contributed by atoms with Crippen LogP contribution in [-0.4, -0.2) is 34.4 Å². The predicted molar refractivity (Wildman–Crippen MR) is 176 cm³/mol. The van der Waals surface area contributed by atoms with Gasteiger partial charge in [-0.3, -0.25) is 4.98 Å². The maximum Gasteiger partial charge on any atom is 0.407 e. The summed E-state index contributed by atoms with van der Waals surface area (Å²) < 4.78 is 11.8. The van der Waals surface area contributed by atoms with Crippen molar-refractivity contribution in [3.05, 3.63) is 93.8 Å². The molecule has 4 aromatic rings. The predicted octanol–water partition coefficient (Wildman–Crippen LogP) is 8.37. The minimum Gasteiger partial charge on any atom is -0.492 e. The lowest BCUT2D eigenvalue weighted by atomic mass is 9.88. The lowest BCUT2D eigenvalue weighted by Gasteiger charge is -2.24. The average molecular weight is 597 g/mol. The van der Waals surface area contributed by atoms with E-state index in [2.05, 4.69) is 50.4 Å². The highest BCUT2D eigenvalue weighted by Crippen LogP contribution is 2.35. The molecule has 4 rings (SSSR count). The van der Waals surface area contributed by atoms with Gasteiger partial charge >= 0.3 is 12.1 Å². The van der Waals surface area contributed by atoms with E-state index in [0.29, 0.717) is 23.7 Å². The number of carboxylic acid groups (broad SMARTS) is 1. The van der Waals surface area contributed by atoms with E-state index < -0.39 is 17.7 Å². The van der Waals surface area contributed by atoms with Crippen LogP contribution in [0.1, 0.15) is 78.6 Å². The van der Waals surface area contributed by atoms with Crippen LogP contribution in [0.25, 0.3) is 21.9 Å². The maximum atomic E-state index is 12.7. The number of nitrogens with zero attached hydrogens (tertiary/aromatic N) is 1. The van der Waals surface area contributed by atoms with E-state index in [0.717, 1.165) is 56.4 Å². The average Bonchev–Trinajstić information content (AvgIpc) is 2.92. The number of nitrogens with one attached hydrogen (secondary N) is 1. The third kappa shape index (κ3) is 7.76. The van der Waals surface area contributed by atoms with Gasteiger partial charge in [0.2, 0.25) is 0 Å². The van der Waals surface area contributed by atoms with Crippen molar-refractivity contribution in [1.82, 2.24) is 10.3 Å². The SMILES string of the molecule is Cc1ccc(-c2c(CCOc3cc4ccccc4c(C)c3C(=O)O)c(C)nc(CC(C)C)c2CNC(=O)OC(C)(C)C)cc1.